The number of hydrogen-bond acceptors (Lipinski definition) is 0. The minimum atomic E-state index is 0.629. The molecule has 0 saturated heterocycles. The van der Waals surface area contributed by atoms with Gasteiger partial charge in [0.05, 0.1) is 0 Å². The van der Waals surface area contributed by atoms with Gasteiger partial charge in [0.2, 0.25) is 0 Å². The molecule has 0 aromatic carbocycles. The first-order valence-electron chi connectivity index (χ1n) is 4.00. The van der Waals surface area contributed by atoms with Crippen molar-refractivity contribution in [2.24, 2.45) is 11.8 Å². The molecule has 3 aliphatic rings. The zero-order valence-electron chi connectivity index (χ0n) is 6.39. The quantitative estimate of drug-likeness (QED) is 0.538. The summed E-state index contributed by atoms with van der Waals surface area (Å²) in [5.41, 5.74) is 2.73. The molecule has 0 nitrogen and oxygen atoms in total. The number of allylic oxidation sites excluding steroid dienone is 4. The average Bonchev–Trinajstić information content (AvgIpc) is 2.06. The molecule has 1 fully saturated rings. The molecule has 3 aliphatic carbocycles. The topological polar surface area (TPSA) is 0 Å². The highest BCUT2D eigenvalue weighted by atomic mass is 79.9. The highest BCUT2D eigenvalue weighted by Gasteiger charge is 2.29. The zero-order valence-corrected chi connectivity index (χ0v) is 7.97. The van der Waals surface area contributed by atoms with Crippen molar-refractivity contribution in [2.45, 2.75) is 12.8 Å². The summed E-state index contributed by atoms with van der Waals surface area (Å²) in [5.74, 6) is 1.27. The summed E-state index contributed by atoms with van der Waals surface area (Å²) >= 11 is 3.40. The molecule has 3 rings (SSSR count). The molecule has 0 aromatic heterocycles. The molecule has 2 bridgehead atoms. The summed E-state index contributed by atoms with van der Waals surface area (Å²) in [4.78, 5) is 2.04. The summed E-state index contributed by atoms with van der Waals surface area (Å²) in [6.07, 6.45) is 7.22. The lowest BCUT2D eigenvalue weighted by Crippen LogP contribution is -2.21. The Bertz CT molecular complexity index is 248. The van der Waals surface area contributed by atoms with Crippen LogP contribution in [0.25, 0.3) is 0 Å². The van der Waals surface area contributed by atoms with Gasteiger partial charge in [-0.15, -0.1) is 0 Å². The highest BCUT2D eigenvalue weighted by Crippen LogP contribution is 2.43. The van der Waals surface area contributed by atoms with E-state index in [0.29, 0.717) is 11.8 Å². The van der Waals surface area contributed by atoms with Gasteiger partial charge in [0.25, 0.3) is 0 Å². The molecule has 0 N–H and O–H groups in total. The fourth-order valence-corrected chi connectivity index (χ4v) is 2.61. The van der Waals surface area contributed by atoms with Gasteiger partial charge in [0.1, 0.15) is 0 Å². The molecule has 0 aliphatic heterocycles. The molecule has 0 heterocycles. The van der Waals surface area contributed by atoms with Crippen molar-refractivity contribution in [2.75, 3.05) is 0 Å². The summed E-state index contributed by atoms with van der Waals surface area (Å²) in [6, 6.07) is 0. The lowest BCUT2D eigenvalue weighted by atomic mass is 9.71. The summed E-state index contributed by atoms with van der Waals surface area (Å²) in [6.45, 7) is 4.10. The standard InChI is InChI=1S/C10H11Br/c1-7-8-2-4-9(5-3-8)10(7)6-11/h2,4,6,8-9H,1,3,5H2/b10-6-/t8-,9+/m1/s1. The van der Waals surface area contributed by atoms with E-state index in [-0.39, 0.29) is 0 Å². The smallest absolute Gasteiger partial charge is 0.00264 e. The van der Waals surface area contributed by atoms with Crippen LogP contribution in [0, 0.1) is 11.8 Å². The van der Waals surface area contributed by atoms with Crippen LogP contribution >= 0.6 is 15.9 Å². The average molecular weight is 211 g/mol. The molecule has 11 heavy (non-hydrogen) atoms. The zero-order chi connectivity index (χ0) is 7.84. The van der Waals surface area contributed by atoms with Crippen molar-refractivity contribution >= 4 is 15.9 Å². The molecule has 0 radical (unpaired) electrons. The Morgan fingerprint density at radius 2 is 2.00 bits per heavy atom. The van der Waals surface area contributed by atoms with Gasteiger partial charge < -0.3 is 0 Å². The SMILES string of the molecule is C=C1/C(=C/Br)[C@H]2C=C[C@@H]1CC2. The van der Waals surface area contributed by atoms with Crippen molar-refractivity contribution in [3.05, 3.63) is 34.9 Å². The summed E-state index contributed by atoms with van der Waals surface area (Å²) in [5, 5.41) is 0. The van der Waals surface area contributed by atoms with E-state index in [0.717, 1.165) is 0 Å². The Labute approximate surface area is 75.8 Å². The Balaban J connectivity index is 2.41. The van der Waals surface area contributed by atoms with E-state index in [4.69, 9.17) is 0 Å². The first-order chi connectivity index (χ1) is 5.33. The highest BCUT2D eigenvalue weighted by molar-refractivity contribution is 9.11. The van der Waals surface area contributed by atoms with E-state index >= 15 is 0 Å². The maximum absolute atomic E-state index is 4.10. The second kappa shape index (κ2) is 2.63. The van der Waals surface area contributed by atoms with Crippen LogP contribution in [-0.4, -0.2) is 0 Å². The van der Waals surface area contributed by atoms with Crippen molar-refractivity contribution in [3.63, 3.8) is 0 Å². The van der Waals surface area contributed by atoms with Gasteiger partial charge in [-0.1, -0.05) is 34.7 Å². The van der Waals surface area contributed by atoms with Crippen LogP contribution in [-0.2, 0) is 0 Å². The van der Waals surface area contributed by atoms with Crippen molar-refractivity contribution in [1.82, 2.24) is 0 Å². The molecular weight excluding hydrogens is 200 g/mol. The van der Waals surface area contributed by atoms with E-state index < -0.39 is 0 Å². The molecule has 2 atom stereocenters. The molecule has 0 spiro atoms. The van der Waals surface area contributed by atoms with Crippen LogP contribution in [0.5, 0.6) is 0 Å². The van der Waals surface area contributed by atoms with Crippen molar-refractivity contribution in [1.29, 1.82) is 0 Å². The summed E-state index contributed by atoms with van der Waals surface area (Å²) < 4.78 is 0. The second-order valence-corrected chi connectivity index (χ2v) is 3.72. The Morgan fingerprint density at radius 3 is 2.36 bits per heavy atom. The number of rotatable bonds is 0. The molecular formula is C10H11Br. The predicted octanol–water partition coefficient (Wildman–Crippen LogP) is 3.42. The normalized spacial score (nSPS) is 38.6. The second-order valence-electron chi connectivity index (χ2n) is 3.26. The van der Waals surface area contributed by atoms with Gasteiger partial charge in [-0.25, -0.2) is 0 Å². The lowest BCUT2D eigenvalue weighted by molar-refractivity contribution is 0.485. The molecule has 1 saturated carbocycles. The van der Waals surface area contributed by atoms with Gasteiger partial charge in [0, 0.05) is 11.8 Å². The molecule has 0 aromatic rings. The van der Waals surface area contributed by atoms with Crippen molar-refractivity contribution in [3.8, 4) is 0 Å². The molecule has 0 amide bonds. The number of hydrogen-bond donors (Lipinski definition) is 0. The van der Waals surface area contributed by atoms with Crippen LogP contribution in [0.4, 0.5) is 0 Å². The third-order valence-corrected chi connectivity index (χ3v) is 3.19. The molecule has 1 heteroatoms. The van der Waals surface area contributed by atoms with E-state index in [9.17, 15) is 0 Å². The van der Waals surface area contributed by atoms with Crippen molar-refractivity contribution < 1.29 is 0 Å². The minimum absolute atomic E-state index is 0.629. The van der Waals surface area contributed by atoms with Gasteiger partial charge in [-0.2, -0.15) is 0 Å². The van der Waals surface area contributed by atoms with Crippen LogP contribution in [0.15, 0.2) is 34.9 Å². The van der Waals surface area contributed by atoms with Crippen LogP contribution in [0.3, 0.4) is 0 Å². The van der Waals surface area contributed by atoms with E-state index in [2.05, 4.69) is 34.7 Å². The van der Waals surface area contributed by atoms with Crippen LogP contribution in [0.1, 0.15) is 12.8 Å². The van der Waals surface area contributed by atoms with E-state index in [1.165, 1.54) is 24.0 Å². The predicted molar refractivity (Wildman–Crippen MR) is 51.5 cm³/mol. The molecule has 58 valence electrons. The first kappa shape index (κ1) is 7.35. The van der Waals surface area contributed by atoms with Crippen LogP contribution in [0.2, 0.25) is 0 Å². The third kappa shape index (κ3) is 1.02. The maximum Gasteiger partial charge on any atom is 0.00264 e. The monoisotopic (exact) mass is 210 g/mol. The minimum Gasteiger partial charge on any atom is -0.0949 e. The summed E-state index contributed by atoms with van der Waals surface area (Å²) in [7, 11) is 0. The molecule has 0 unspecified atom stereocenters. The van der Waals surface area contributed by atoms with Gasteiger partial charge in [-0.05, 0) is 29.0 Å². The van der Waals surface area contributed by atoms with Gasteiger partial charge >= 0.3 is 0 Å². The van der Waals surface area contributed by atoms with Crippen LogP contribution < -0.4 is 0 Å². The fraction of sp³-hybridized carbons (Fsp3) is 0.400. The van der Waals surface area contributed by atoms with E-state index in [1.807, 2.05) is 4.99 Å². The third-order valence-electron chi connectivity index (χ3n) is 2.70. The van der Waals surface area contributed by atoms with Gasteiger partial charge in [0.15, 0.2) is 0 Å². The van der Waals surface area contributed by atoms with Gasteiger partial charge in [-0.3, -0.25) is 0 Å². The Kier molecular flexibility index (Phi) is 1.76. The number of fused-ring (bicyclic) bond motifs is 2. The Morgan fingerprint density at radius 1 is 1.36 bits per heavy atom. The first-order valence-corrected chi connectivity index (χ1v) is 4.92. The Hall–Kier alpha value is -0.300. The largest absolute Gasteiger partial charge is 0.0949 e. The lowest BCUT2D eigenvalue weighted by Gasteiger charge is -2.34. The fourth-order valence-electron chi connectivity index (χ4n) is 1.97. The van der Waals surface area contributed by atoms with E-state index in [1.54, 1.807) is 0 Å². The maximum atomic E-state index is 4.10. The number of halogens is 1.